The van der Waals surface area contributed by atoms with Crippen LogP contribution in [0.15, 0.2) is 24.3 Å². The number of esters is 1. The summed E-state index contributed by atoms with van der Waals surface area (Å²) < 4.78 is 26.3. The molecule has 8 heteroatoms. The number of nitrogens with zero attached hydrogens (tertiary/aromatic N) is 2. The first-order chi connectivity index (χ1) is 12.2. The highest BCUT2D eigenvalue weighted by molar-refractivity contribution is 14.1. The van der Waals surface area contributed by atoms with E-state index >= 15 is 0 Å². The average Bonchev–Trinajstić information content (AvgIpc) is 2.88. The first-order valence-electron chi connectivity index (χ1n) is 8.50. The van der Waals surface area contributed by atoms with Crippen molar-refractivity contribution in [3.8, 4) is 11.3 Å². The SMILES string of the molecule is CCOC(=O)c1c(I)c(-c2ccc(F)cc2)nn1COCC[Si](C)(C)C. The molecule has 0 saturated heterocycles. The molecule has 1 aromatic heterocycles. The summed E-state index contributed by atoms with van der Waals surface area (Å²) in [5.74, 6) is -0.755. The molecular weight excluding hydrogens is 466 g/mol. The minimum absolute atomic E-state index is 0.176. The second-order valence-corrected chi connectivity index (χ2v) is 13.8. The van der Waals surface area contributed by atoms with Crippen LogP contribution < -0.4 is 0 Å². The van der Waals surface area contributed by atoms with Gasteiger partial charge in [-0.15, -0.1) is 0 Å². The highest BCUT2D eigenvalue weighted by Crippen LogP contribution is 2.28. The van der Waals surface area contributed by atoms with E-state index in [1.54, 1.807) is 19.1 Å². The maximum atomic E-state index is 13.2. The minimum Gasteiger partial charge on any atom is -0.461 e. The Morgan fingerprint density at radius 1 is 1.27 bits per heavy atom. The lowest BCUT2D eigenvalue weighted by atomic mass is 10.1. The molecule has 0 aliphatic rings. The maximum absolute atomic E-state index is 13.2. The van der Waals surface area contributed by atoms with Gasteiger partial charge in [-0.1, -0.05) is 19.6 Å². The average molecular weight is 490 g/mol. The minimum atomic E-state index is -1.19. The summed E-state index contributed by atoms with van der Waals surface area (Å²) in [6.45, 7) is 9.69. The predicted octanol–water partition coefficient (Wildman–Crippen LogP) is 4.78. The van der Waals surface area contributed by atoms with Gasteiger partial charge in [0.05, 0.1) is 10.2 Å². The third kappa shape index (κ3) is 5.62. The van der Waals surface area contributed by atoms with Crippen molar-refractivity contribution in [2.24, 2.45) is 0 Å². The fourth-order valence-corrected chi connectivity index (χ4v) is 3.92. The van der Waals surface area contributed by atoms with Crippen molar-refractivity contribution >= 4 is 36.6 Å². The predicted molar refractivity (Wildman–Crippen MR) is 110 cm³/mol. The Kier molecular flexibility index (Phi) is 7.36. The molecule has 0 spiro atoms. The van der Waals surface area contributed by atoms with E-state index in [1.165, 1.54) is 16.8 Å². The van der Waals surface area contributed by atoms with E-state index in [0.29, 0.717) is 21.6 Å². The van der Waals surface area contributed by atoms with E-state index < -0.39 is 14.0 Å². The number of ether oxygens (including phenoxy) is 2. The summed E-state index contributed by atoms with van der Waals surface area (Å²) in [4.78, 5) is 12.4. The van der Waals surface area contributed by atoms with E-state index in [2.05, 4.69) is 47.3 Å². The summed E-state index contributed by atoms with van der Waals surface area (Å²) in [6.07, 6.45) is 0. The van der Waals surface area contributed by atoms with Crippen molar-refractivity contribution in [2.45, 2.75) is 39.3 Å². The zero-order chi connectivity index (χ0) is 19.3. The molecule has 142 valence electrons. The normalized spacial score (nSPS) is 11.6. The summed E-state index contributed by atoms with van der Waals surface area (Å²) in [6, 6.07) is 7.07. The van der Waals surface area contributed by atoms with Gasteiger partial charge in [0.15, 0.2) is 5.69 Å². The first kappa shape index (κ1) is 21.0. The monoisotopic (exact) mass is 490 g/mol. The van der Waals surface area contributed by atoms with Crippen LogP contribution in [-0.2, 0) is 16.2 Å². The lowest BCUT2D eigenvalue weighted by Gasteiger charge is -2.15. The number of rotatable bonds is 8. The number of benzene rings is 1. The van der Waals surface area contributed by atoms with Crippen LogP contribution in [0.5, 0.6) is 0 Å². The molecule has 0 N–H and O–H groups in total. The van der Waals surface area contributed by atoms with Crippen molar-refractivity contribution in [1.29, 1.82) is 0 Å². The number of hydrogen-bond donors (Lipinski definition) is 0. The number of aromatic nitrogens is 2. The Hall–Kier alpha value is -1.26. The molecule has 2 rings (SSSR count). The Labute approximate surface area is 168 Å². The molecule has 0 saturated carbocycles. The van der Waals surface area contributed by atoms with E-state index in [-0.39, 0.29) is 19.2 Å². The zero-order valence-corrected chi connectivity index (χ0v) is 18.7. The molecule has 0 aliphatic heterocycles. The van der Waals surface area contributed by atoms with Crippen molar-refractivity contribution in [3.05, 3.63) is 39.3 Å². The van der Waals surface area contributed by atoms with E-state index in [9.17, 15) is 9.18 Å². The van der Waals surface area contributed by atoms with Crippen molar-refractivity contribution in [2.75, 3.05) is 13.2 Å². The maximum Gasteiger partial charge on any atom is 0.357 e. The Morgan fingerprint density at radius 3 is 2.50 bits per heavy atom. The molecule has 0 bridgehead atoms. The molecule has 0 amide bonds. The summed E-state index contributed by atoms with van der Waals surface area (Å²) in [5, 5.41) is 4.52. The third-order valence-electron chi connectivity index (χ3n) is 3.69. The molecule has 1 heterocycles. The third-order valence-corrected chi connectivity index (χ3v) is 6.42. The molecule has 5 nitrogen and oxygen atoms in total. The van der Waals surface area contributed by atoms with E-state index in [1.807, 2.05) is 0 Å². The second-order valence-electron chi connectivity index (χ2n) is 7.09. The van der Waals surface area contributed by atoms with Crippen LogP contribution in [-0.4, -0.2) is 37.0 Å². The number of carbonyl (C=O) groups excluding carboxylic acids is 1. The van der Waals surface area contributed by atoms with Gasteiger partial charge < -0.3 is 9.47 Å². The summed E-state index contributed by atoms with van der Waals surface area (Å²) >= 11 is 2.08. The lowest BCUT2D eigenvalue weighted by Crippen LogP contribution is -2.22. The fraction of sp³-hybridized carbons (Fsp3) is 0.444. The molecule has 0 atom stereocenters. The van der Waals surface area contributed by atoms with Crippen molar-refractivity contribution in [1.82, 2.24) is 9.78 Å². The molecule has 0 fully saturated rings. The van der Waals surface area contributed by atoms with E-state index in [4.69, 9.17) is 9.47 Å². The molecule has 2 aromatic rings. The first-order valence-corrected chi connectivity index (χ1v) is 13.3. The van der Waals surface area contributed by atoms with Gasteiger partial charge in [-0.05, 0) is 59.8 Å². The van der Waals surface area contributed by atoms with Crippen LogP contribution in [0.1, 0.15) is 17.4 Å². The summed E-state index contributed by atoms with van der Waals surface area (Å²) in [5.41, 5.74) is 1.71. The van der Waals surface area contributed by atoms with Crippen LogP contribution in [0.2, 0.25) is 25.7 Å². The number of hydrogen-bond acceptors (Lipinski definition) is 4. The molecule has 0 unspecified atom stereocenters. The standard InChI is InChI=1S/C18H24FIN2O3Si/c1-5-25-18(23)17-15(20)16(13-6-8-14(19)9-7-13)21-22(17)12-24-10-11-26(2,3)4/h6-9H,5,10-12H2,1-4H3. The lowest BCUT2D eigenvalue weighted by molar-refractivity contribution is 0.0454. The molecular formula is C18H24FIN2O3Si. The Bertz CT molecular complexity index is 757. The topological polar surface area (TPSA) is 53.3 Å². The molecule has 0 aliphatic carbocycles. The van der Waals surface area contributed by atoms with Gasteiger partial charge in [0.25, 0.3) is 0 Å². The van der Waals surface area contributed by atoms with Gasteiger partial charge >= 0.3 is 5.97 Å². The Morgan fingerprint density at radius 2 is 1.92 bits per heavy atom. The van der Waals surface area contributed by atoms with Crippen LogP contribution in [0.4, 0.5) is 4.39 Å². The number of carbonyl (C=O) groups is 1. The van der Waals surface area contributed by atoms with Gasteiger partial charge in [-0.3, -0.25) is 0 Å². The quantitative estimate of drug-likeness (QED) is 0.231. The van der Waals surface area contributed by atoms with Crippen molar-refractivity contribution < 1.29 is 18.7 Å². The molecule has 1 aromatic carbocycles. The smallest absolute Gasteiger partial charge is 0.357 e. The molecule has 26 heavy (non-hydrogen) atoms. The van der Waals surface area contributed by atoms with Crippen LogP contribution in [0.3, 0.4) is 0 Å². The van der Waals surface area contributed by atoms with Crippen LogP contribution >= 0.6 is 22.6 Å². The van der Waals surface area contributed by atoms with Crippen molar-refractivity contribution in [3.63, 3.8) is 0 Å². The Balaban J connectivity index is 2.28. The van der Waals surface area contributed by atoms with Crippen LogP contribution in [0, 0.1) is 9.39 Å². The zero-order valence-electron chi connectivity index (χ0n) is 15.5. The summed E-state index contributed by atoms with van der Waals surface area (Å²) in [7, 11) is -1.19. The van der Waals surface area contributed by atoms with Gasteiger partial charge in [-0.25, -0.2) is 13.9 Å². The van der Waals surface area contributed by atoms with Gasteiger partial charge in [0.2, 0.25) is 0 Å². The molecule has 0 radical (unpaired) electrons. The highest BCUT2D eigenvalue weighted by Gasteiger charge is 2.24. The highest BCUT2D eigenvalue weighted by atomic mass is 127. The second kappa shape index (κ2) is 9.09. The van der Waals surface area contributed by atoms with E-state index in [0.717, 1.165) is 11.6 Å². The van der Waals surface area contributed by atoms with Gasteiger partial charge in [-0.2, -0.15) is 5.10 Å². The van der Waals surface area contributed by atoms with Gasteiger partial charge in [0, 0.05) is 20.2 Å². The fourth-order valence-electron chi connectivity index (χ4n) is 2.25. The largest absolute Gasteiger partial charge is 0.461 e. The number of halogens is 2. The van der Waals surface area contributed by atoms with Gasteiger partial charge in [0.1, 0.15) is 18.2 Å². The van der Waals surface area contributed by atoms with Crippen LogP contribution in [0.25, 0.3) is 11.3 Å².